The molecule has 7 nitrogen and oxygen atoms in total. The van der Waals surface area contributed by atoms with E-state index in [1.807, 2.05) is 36.1 Å². The number of aromatic nitrogens is 2. The van der Waals surface area contributed by atoms with Crippen LogP contribution in [-0.2, 0) is 0 Å². The molecule has 0 unspecified atom stereocenters. The Morgan fingerprint density at radius 3 is 2.54 bits per heavy atom. The van der Waals surface area contributed by atoms with Crippen LogP contribution in [0.4, 0.5) is 10.7 Å². The third-order valence-corrected chi connectivity index (χ3v) is 3.73. The van der Waals surface area contributed by atoms with Crippen LogP contribution in [0.15, 0.2) is 36.4 Å². The van der Waals surface area contributed by atoms with Crippen molar-refractivity contribution in [3.8, 4) is 11.8 Å². The summed E-state index contributed by atoms with van der Waals surface area (Å²) in [6.07, 6.45) is -0.358. The number of hydrogen-bond donors (Lipinski definition) is 0. The summed E-state index contributed by atoms with van der Waals surface area (Å²) in [5, 5.41) is 9.01. The molecule has 7 heteroatoms. The summed E-state index contributed by atoms with van der Waals surface area (Å²) in [5.74, 6) is 1.06. The highest BCUT2D eigenvalue weighted by atomic mass is 16.6. The fourth-order valence-corrected chi connectivity index (χ4v) is 2.49. The number of ether oxygens (including phenoxy) is 1. The summed E-state index contributed by atoms with van der Waals surface area (Å²) in [5.41, 5.74) is 1.10. The second kappa shape index (κ2) is 6.96. The summed E-state index contributed by atoms with van der Waals surface area (Å²) < 4.78 is 5.34. The second-order valence-electron chi connectivity index (χ2n) is 5.46. The molecule has 2 heterocycles. The van der Waals surface area contributed by atoms with E-state index in [1.54, 1.807) is 23.1 Å². The van der Waals surface area contributed by atoms with Crippen LogP contribution in [0.5, 0.6) is 5.75 Å². The van der Waals surface area contributed by atoms with Gasteiger partial charge < -0.3 is 14.5 Å². The van der Waals surface area contributed by atoms with Crippen molar-refractivity contribution in [2.45, 2.75) is 6.92 Å². The van der Waals surface area contributed by atoms with E-state index in [0.29, 0.717) is 43.6 Å². The predicted molar refractivity (Wildman–Crippen MR) is 87.7 cm³/mol. The molecule has 24 heavy (non-hydrogen) atoms. The third-order valence-electron chi connectivity index (χ3n) is 3.73. The lowest BCUT2D eigenvalue weighted by atomic mass is 10.3. The lowest BCUT2D eigenvalue weighted by Gasteiger charge is -2.34. The lowest BCUT2D eigenvalue weighted by molar-refractivity contribution is 0.149. The van der Waals surface area contributed by atoms with Gasteiger partial charge in [-0.1, -0.05) is 18.2 Å². The van der Waals surface area contributed by atoms with Crippen molar-refractivity contribution in [3.63, 3.8) is 0 Å². The summed E-state index contributed by atoms with van der Waals surface area (Å²) in [4.78, 5) is 24.4. The number of para-hydroxylation sites is 1. The molecule has 1 aliphatic rings. The third kappa shape index (κ3) is 3.60. The number of carbonyl (C=O) groups excluding carboxylic acids is 1. The molecule has 0 atom stereocenters. The number of rotatable bonds is 2. The first-order chi connectivity index (χ1) is 11.7. The standard InChI is InChI=1S/C17H17N5O2/c1-13-11-14(12-18)20-16(19-13)21-7-9-22(10-8-21)17(23)24-15-5-3-2-4-6-15/h2-6,11H,7-10H2,1H3. The van der Waals surface area contributed by atoms with Crippen LogP contribution in [-0.4, -0.2) is 47.1 Å². The fourth-order valence-electron chi connectivity index (χ4n) is 2.49. The van der Waals surface area contributed by atoms with E-state index in [-0.39, 0.29) is 6.09 Å². The summed E-state index contributed by atoms with van der Waals surface area (Å²) >= 11 is 0. The van der Waals surface area contributed by atoms with E-state index >= 15 is 0 Å². The molecule has 1 amide bonds. The van der Waals surface area contributed by atoms with Crippen LogP contribution in [0.1, 0.15) is 11.4 Å². The smallest absolute Gasteiger partial charge is 0.410 e. The molecule has 1 saturated heterocycles. The summed E-state index contributed by atoms with van der Waals surface area (Å²) in [6, 6.07) is 12.7. The number of benzene rings is 1. The SMILES string of the molecule is Cc1cc(C#N)nc(N2CCN(C(=O)Oc3ccccc3)CC2)n1. The molecular weight excluding hydrogens is 306 g/mol. The molecule has 122 valence electrons. The van der Waals surface area contributed by atoms with E-state index in [4.69, 9.17) is 10.00 Å². The van der Waals surface area contributed by atoms with E-state index in [2.05, 4.69) is 9.97 Å². The van der Waals surface area contributed by atoms with E-state index in [9.17, 15) is 4.79 Å². The van der Waals surface area contributed by atoms with Crippen LogP contribution in [0.25, 0.3) is 0 Å². The number of carbonyl (C=O) groups is 1. The van der Waals surface area contributed by atoms with Gasteiger partial charge in [-0.25, -0.2) is 14.8 Å². The number of nitriles is 1. The van der Waals surface area contributed by atoms with Crippen LogP contribution in [0.2, 0.25) is 0 Å². The van der Waals surface area contributed by atoms with Gasteiger partial charge in [0.05, 0.1) is 0 Å². The molecule has 0 radical (unpaired) electrons. The monoisotopic (exact) mass is 323 g/mol. The highest BCUT2D eigenvalue weighted by Gasteiger charge is 2.24. The Labute approximate surface area is 140 Å². The first-order valence-electron chi connectivity index (χ1n) is 7.68. The van der Waals surface area contributed by atoms with Gasteiger partial charge in [-0.2, -0.15) is 5.26 Å². The zero-order chi connectivity index (χ0) is 16.9. The normalized spacial score (nSPS) is 14.2. The minimum atomic E-state index is -0.358. The van der Waals surface area contributed by atoms with Gasteiger partial charge >= 0.3 is 6.09 Å². The number of amides is 1. The zero-order valence-corrected chi connectivity index (χ0v) is 13.3. The van der Waals surface area contributed by atoms with Crippen molar-refractivity contribution in [2.24, 2.45) is 0 Å². The molecule has 0 spiro atoms. The maximum atomic E-state index is 12.2. The highest BCUT2D eigenvalue weighted by Crippen LogP contribution is 2.15. The first-order valence-corrected chi connectivity index (χ1v) is 7.68. The van der Waals surface area contributed by atoms with Gasteiger partial charge in [0.1, 0.15) is 17.5 Å². The van der Waals surface area contributed by atoms with Crippen molar-refractivity contribution in [1.29, 1.82) is 5.26 Å². The van der Waals surface area contributed by atoms with Crippen LogP contribution < -0.4 is 9.64 Å². The average Bonchev–Trinajstić information content (AvgIpc) is 2.62. The van der Waals surface area contributed by atoms with Crippen molar-refractivity contribution in [2.75, 3.05) is 31.1 Å². The maximum Gasteiger partial charge on any atom is 0.415 e. The van der Waals surface area contributed by atoms with Crippen molar-refractivity contribution >= 4 is 12.0 Å². The van der Waals surface area contributed by atoms with Gasteiger partial charge in [-0.05, 0) is 25.1 Å². The number of anilines is 1. The van der Waals surface area contributed by atoms with Gasteiger partial charge in [-0.15, -0.1) is 0 Å². The first kappa shape index (κ1) is 15.7. The lowest BCUT2D eigenvalue weighted by Crippen LogP contribution is -2.50. The molecular formula is C17H17N5O2. The molecule has 1 aromatic carbocycles. The van der Waals surface area contributed by atoms with Crippen LogP contribution in [0, 0.1) is 18.3 Å². The zero-order valence-electron chi connectivity index (χ0n) is 13.3. The quantitative estimate of drug-likeness (QED) is 0.840. The number of hydrogen-bond acceptors (Lipinski definition) is 6. The Bertz CT molecular complexity index is 764. The molecule has 1 aromatic heterocycles. The van der Waals surface area contributed by atoms with Crippen molar-refractivity contribution in [3.05, 3.63) is 47.8 Å². The van der Waals surface area contributed by atoms with Gasteiger partial charge in [-0.3, -0.25) is 0 Å². The largest absolute Gasteiger partial charge is 0.415 e. The van der Waals surface area contributed by atoms with Gasteiger partial charge in [0.25, 0.3) is 0 Å². The van der Waals surface area contributed by atoms with E-state index in [1.165, 1.54) is 0 Å². The molecule has 3 rings (SSSR count). The average molecular weight is 323 g/mol. The molecule has 2 aromatic rings. The van der Waals surface area contributed by atoms with E-state index < -0.39 is 0 Å². The minimum absolute atomic E-state index is 0.350. The number of piperazine rings is 1. The number of aryl methyl sites for hydroxylation is 1. The van der Waals surface area contributed by atoms with Crippen molar-refractivity contribution < 1.29 is 9.53 Å². The topological polar surface area (TPSA) is 82.4 Å². The highest BCUT2D eigenvalue weighted by molar-refractivity contribution is 5.71. The Morgan fingerprint density at radius 1 is 1.17 bits per heavy atom. The Hall–Kier alpha value is -3.14. The molecule has 0 aliphatic carbocycles. The molecule has 0 N–H and O–H groups in total. The Morgan fingerprint density at radius 2 is 1.88 bits per heavy atom. The Kier molecular flexibility index (Phi) is 4.57. The fraction of sp³-hybridized carbons (Fsp3) is 0.294. The van der Waals surface area contributed by atoms with Crippen molar-refractivity contribution in [1.82, 2.24) is 14.9 Å². The molecule has 1 aliphatic heterocycles. The molecule has 0 bridgehead atoms. The maximum absolute atomic E-state index is 12.2. The van der Waals surface area contributed by atoms with E-state index in [0.717, 1.165) is 5.69 Å². The van der Waals surface area contributed by atoms with Crippen LogP contribution >= 0.6 is 0 Å². The predicted octanol–water partition coefficient (Wildman–Crippen LogP) is 1.98. The number of nitrogens with zero attached hydrogens (tertiary/aromatic N) is 5. The summed E-state index contributed by atoms with van der Waals surface area (Å²) in [7, 11) is 0. The van der Waals surface area contributed by atoms with Crippen LogP contribution in [0.3, 0.4) is 0 Å². The Balaban J connectivity index is 1.61. The molecule has 1 fully saturated rings. The second-order valence-corrected chi connectivity index (χ2v) is 5.46. The molecule has 0 saturated carbocycles. The minimum Gasteiger partial charge on any atom is -0.410 e. The van der Waals surface area contributed by atoms with Gasteiger partial charge in [0.2, 0.25) is 5.95 Å². The summed E-state index contributed by atoms with van der Waals surface area (Å²) in [6.45, 7) is 4.06. The van der Waals surface area contributed by atoms with Gasteiger partial charge in [0.15, 0.2) is 0 Å². The van der Waals surface area contributed by atoms with Gasteiger partial charge in [0, 0.05) is 31.9 Å².